The van der Waals surface area contributed by atoms with E-state index in [1.165, 1.54) is 10.6 Å². The van der Waals surface area contributed by atoms with Gasteiger partial charge < -0.3 is 5.32 Å². The molecule has 0 saturated carbocycles. The number of anilines is 2. The number of nitrogens with zero attached hydrogens (tertiary/aromatic N) is 1. The van der Waals surface area contributed by atoms with Crippen LogP contribution in [0, 0.1) is 13.8 Å². The summed E-state index contributed by atoms with van der Waals surface area (Å²) in [4.78, 5) is 12.3. The van der Waals surface area contributed by atoms with Gasteiger partial charge in [-0.2, -0.15) is 0 Å². The Morgan fingerprint density at radius 2 is 1.55 bits per heavy atom. The van der Waals surface area contributed by atoms with E-state index in [0.29, 0.717) is 16.9 Å². The van der Waals surface area contributed by atoms with Crippen molar-refractivity contribution in [2.45, 2.75) is 20.4 Å². The molecule has 0 unspecified atom stereocenters. The van der Waals surface area contributed by atoms with Gasteiger partial charge in [0.15, 0.2) is 0 Å². The first-order valence-corrected chi connectivity index (χ1v) is 11.1. The van der Waals surface area contributed by atoms with Gasteiger partial charge in [-0.25, -0.2) is 8.42 Å². The third kappa shape index (κ3) is 5.23. The van der Waals surface area contributed by atoms with E-state index in [-0.39, 0.29) is 12.5 Å². The van der Waals surface area contributed by atoms with Gasteiger partial charge in [-0.1, -0.05) is 36.4 Å². The van der Waals surface area contributed by atoms with Crippen LogP contribution in [-0.4, -0.2) is 20.6 Å². The average molecular weight is 409 g/mol. The molecule has 0 bridgehead atoms. The second-order valence-corrected chi connectivity index (χ2v) is 8.96. The highest BCUT2D eigenvalue weighted by molar-refractivity contribution is 7.92. The quantitative estimate of drug-likeness (QED) is 0.652. The van der Waals surface area contributed by atoms with Crippen molar-refractivity contribution >= 4 is 27.3 Å². The number of benzene rings is 3. The summed E-state index contributed by atoms with van der Waals surface area (Å²) < 4.78 is 26.1. The summed E-state index contributed by atoms with van der Waals surface area (Å²) in [7, 11) is -3.45. The van der Waals surface area contributed by atoms with Crippen LogP contribution in [0.3, 0.4) is 0 Å². The van der Waals surface area contributed by atoms with E-state index >= 15 is 0 Å². The maximum atomic E-state index is 12.4. The fraction of sp³-hybridized carbons (Fsp3) is 0.174. The van der Waals surface area contributed by atoms with Crippen molar-refractivity contribution in [3.8, 4) is 0 Å². The van der Waals surface area contributed by atoms with Crippen LogP contribution in [0.25, 0.3) is 0 Å². The highest BCUT2D eigenvalue weighted by atomic mass is 32.2. The lowest BCUT2D eigenvalue weighted by Crippen LogP contribution is -2.29. The number of rotatable bonds is 6. The summed E-state index contributed by atoms with van der Waals surface area (Å²) in [5.74, 6) is -0.189. The van der Waals surface area contributed by atoms with Crippen molar-refractivity contribution in [1.29, 1.82) is 0 Å². The smallest absolute Gasteiger partial charge is 0.255 e. The molecule has 0 atom stereocenters. The predicted molar refractivity (Wildman–Crippen MR) is 118 cm³/mol. The summed E-state index contributed by atoms with van der Waals surface area (Å²) in [5, 5.41) is 2.84. The van der Waals surface area contributed by atoms with Gasteiger partial charge in [0.2, 0.25) is 10.0 Å². The molecule has 0 fully saturated rings. The van der Waals surface area contributed by atoms with Crippen LogP contribution < -0.4 is 9.62 Å². The Morgan fingerprint density at radius 3 is 2.14 bits per heavy atom. The minimum absolute atomic E-state index is 0.189. The molecule has 29 heavy (non-hydrogen) atoms. The van der Waals surface area contributed by atoms with Crippen LogP contribution in [0.1, 0.15) is 27.0 Å². The molecule has 3 aromatic rings. The first kappa shape index (κ1) is 20.6. The molecule has 1 amide bonds. The molecule has 0 saturated heterocycles. The lowest BCUT2D eigenvalue weighted by molar-refractivity contribution is 0.102. The highest BCUT2D eigenvalue weighted by Crippen LogP contribution is 2.24. The molecular formula is C23H24N2O3S. The lowest BCUT2D eigenvalue weighted by atomic mass is 10.1. The fourth-order valence-electron chi connectivity index (χ4n) is 2.93. The molecule has 0 aliphatic rings. The third-order valence-electron chi connectivity index (χ3n) is 4.75. The maximum Gasteiger partial charge on any atom is 0.255 e. The number of carbonyl (C=O) groups is 1. The number of carbonyl (C=O) groups excluding carboxylic acids is 1. The summed E-state index contributed by atoms with van der Waals surface area (Å²) >= 11 is 0. The molecule has 1 N–H and O–H groups in total. The van der Waals surface area contributed by atoms with E-state index in [0.717, 1.165) is 16.7 Å². The Bertz CT molecular complexity index is 1110. The van der Waals surface area contributed by atoms with Crippen LogP contribution in [0.5, 0.6) is 0 Å². The van der Waals surface area contributed by atoms with Gasteiger partial charge in [-0.3, -0.25) is 9.10 Å². The minimum Gasteiger partial charge on any atom is -0.322 e. The number of nitrogens with one attached hydrogen (secondary N) is 1. The molecule has 150 valence electrons. The minimum atomic E-state index is -3.45. The molecule has 0 aromatic heterocycles. The monoisotopic (exact) mass is 408 g/mol. The topological polar surface area (TPSA) is 66.5 Å². The lowest BCUT2D eigenvalue weighted by Gasteiger charge is -2.23. The SMILES string of the molecule is Cc1ccc(N(Cc2ccc(NC(=O)c3ccccc3)cc2)S(C)(=O)=O)cc1C. The number of sulfonamides is 1. The second kappa shape index (κ2) is 8.49. The molecule has 6 heteroatoms. The van der Waals surface area contributed by atoms with Crippen molar-refractivity contribution in [2.24, 2.45) is 0 Å². The Kier molecular flexibility index (Phi) is 6.03. The second-order valence-electron chi connectivity index (χ2n) is 7.06. The Morgan fingerprint density at radius 1 is 0.897 bits per heavy atom. The standard InChI is InChI=1S/C23H24N2O3S/c1-17-9-14-22(15-18(17)2)25(29(3,27)28)16-19-10-12-21(13-11-19)24-23(26)20-7-5-4-6-8-20/h4-15H,16H2,1-3H3,(H,24,26). The molecule has 3 aromatic carbocycles. The van der Waals surface area contributed by atoms with E-state index in [1.54, 1.807) is 24.3 Å². The zero-order valence-corrected chi connectivity index (χ0v) is 17.5. The van der Waals surface area contributed by atoms with Crippen LogP contribution in [-0.2, 0) is 16.6 Å². The van der Waals surface area contributed by atoms with Crippen molar-refractivity contribution in [3.05, 3.63) is 95.1 Å². The third-order valence-corrected chi connectivity index (χ3v) is 5.89. The van der Waals surface area contributed by atoms with Crippen LogP contribution >= 0.6 is 0 Å². The fourth-order valence-corrected chi connectivity index (χ4v) is 3.81. The van der Waals surface area contributed by atoms with Gasteiger partial charge in [-0.05, 0) is 66.9 Å². The Labute approximate surface area is 172 Å². The maximum absolute atomic E-state index is 12.4. The molecule has 0 aliphatic heterocycles. The average Bonchev–Trinajstić information content (AvgIpc) is 2.69. The van der Waals surface area contributed by atoms with Crippen LogP contribution in [0.4, 0.5) is 11.4 Å². The van der Waals surface area contributed by atoms with Gasteiger partial charge in [0.25, 0.3) is 5.91 Å². The number of hydrogen-bond acceptors (Lipinski definition) is 3. The Balaban J connectivity index is 1.77. The van der Waals surface area contributed by atoms with E-state index in [2.05, 4.69) is 5.32 Å². The first-order chi connectivity index (χ1) is 13.7. The normalized spacial score (nSPS) is 11.1. The van der Waals surface area contributed by atoms with Crippen molar-refractivity contribution in [3.63, 3.8) is 0 Å². The van der Waals surface area contributed by atoms with Gasteiger partial charge in [0.1, 0.15) is 0 Å². The molecule has 3 rings (SSSR count). The van der Waals surface area contributed by atoms with Crippen molar-refractivity contribution in [2.75, 3.05) is 15.9 Å². The van der Waals surface area contributed by atoms with E-state index in [9.17, 15) is 13.2 Å². The first-order valence-electron chi connectivity index (χ1n) is 9.24. The van der Waals surface area contributed by atoms with E-state index < -0.39 is 10.0 Å². The highest BCUT2D eigenvalue weighted by Gasteiger charge is 2.18. The summed E-state index contributed by atoms with van der Waals surface area (Å²) in [6, 6.07) is 21.8. The van der Waals surface area contributed by atoms with E-state index in [1.807, 2.05) is 62.4 Å². The summed E-state index contributed by atoms with van der Waals surface area (Å²) in [6.45, 7) is 4.17. The molecule has 5 nitrogen and oxygen atoms in total. The summed E-state index contributed by atoms with van der Waals surface area (Å²) in [5.41, 5.74) is 4.84. The van der Waals surface area contributed by atoms with Crippen LogP contribution in [0.15, 0.2) is 72.8 Å². The molecular weight excluding hydrogens is 384 g/mol. The van der Waals surface area contributed by atoms with Gasteiger partial charge in [0, 0.05) is 11.3 Å². The van der Waals surface area contributed by atoms with Crippen molar-refractivity contribution < 1.29 is 13.2 Å². The number of aryl methyl sites for hydroxylation is 2. The summed E-state index contributed by atoms with van der Waals surface area (Å²) in [6.07, 6.45) is 1.21. The zero-order valence-electron chi connectivity index (χ0n) is 16.7. The van der Waals surface area contributed by atoms with Crippen LogP contribution in [0.2, 0.25) is 0 Å². The van der Waals surface area contributed by atoms with Gasteiger partial charge in [-0.15, -0.1) is 0 Å². The largest absolute Gasteiger partial charge is 0.322 e. The molecule has 0 radical (unpaired) electrons. The zero-order chi connectivity index (χ0) is 21.0. The molecule has 0 spiro atoms. The van der Waals surface area contributed by atoms with Gasteiger partial charge >= 0.3 is 0 Å². The Hall–Kier alpha value is -3.12. The van der Waals surface area contributed by atoms with E-state index in [4.69, 9.17) is 0 Å². The number of amides is 1. The van der Waals surface area contributed by atoms with Crippen molar-refractivity contribution in [1.82, 2.24) is 0 Å². The predicted octanol–water partition coefficient (Wildman–Crippen LogP) is 4.52. The van der Waals surface area contributed by atoms with Gasteiger partial charge in [0.05, 0.1) is 18.5 Å². The number of hydrogen-bond donors (Lipinski definition) is 1. The molecule has 0 aliphatic carbocycles. The molecule has 0 heterocycles.